The van der Waals surface area contributed by atoms with Gasteiger partial charge in [-0.3, -0.25) is 4.79 Å². The Morgan fingerprint density at radius 3 is 2.55 bits per heavy atom. The lowest BCUT2D eigenvalue weighted by Gasteiger charge is -2.11. The molecule has 0 atom stereocenters. The van der Waals surface area contributed by atoms with Gasteiger partial charge >= 0.3 is 18.1 Å². The Morgan fingerprint density at radius 1 is 1.35 bits per heavy atom. The molecule has 8 heteroatoms. The summed E-state index contributed by atoms with van der Waals surface area (Å²) in [4.78, 5) is 21.3. The summed E-state index contributed by atoms with van der Waals surface area (Å²) < 4.78 is 40.8. The highest BCUT2D eigenvalue weighted by Crippen LogP contribution is 2.19. The number of carbonyl (C=O) groups is 2. The van der Waals surface area contributed by atoms with Crippen LogP contribution in [0.15, 0.2) is 18.2 Å². The van der Waals surface area contributed by atoms with Crippen LogP contribution in [0.5, 0.6) is 5.75 Å². The van der Waals surface area contributed by atoms with Crippen LogP contribution in [0.2, 0.25) is 0 Å². The number of amides is 1. The van der Waals surface area contributed by atoms with Gasteiger partial charge in [0.2, 0.25) is 0 Å². The summed E-state index contributed by atoms with van der Waals surface area (Å²) in [5, 5.41) is 10.4. The van der Waals surface area contributed by atoms with Crippen molar-refractivity contribution < 1.29 is 32.6 Å². The van der Waals surface area contributed by atoms with Gasteiger partial charge in [0.05, 0.1) is 12.1 Å². The molecule has 0 aliphatic rings. The van der Waals surface area contributed by atoms with E-state index in [0.29, 0.717) is 5.56 Å². The molecule has 1 aromatic carbocycles. The number of rotatable bonds is 5. The smallest absolute Gasteiger partial charge is 0.471 e. The topological polar surface area (TPSA) is 75.6 Å². The van der Waals surface area contributed by atoms with Crippen LogP contribution in [0, 0.1) is 6.92 Å². The summed E-state index contributed by atoms with van der Waals surface area (Å²) in [6.07, 6.45) is -4.93. The largest absolute Gasteiger partial charge is 0.491 e. The third kappa shape index (κ3) is 4.45. The Morgan fingerprint density at radius 2 is 2.00 bits per heavy atom. The highest BCUT2D eigenvalue weighted by molar-refractivity contribution is 5.88. The van der Waals surface area contributed by atoms with Crippen LogP contribution >= 0.6 is 0 Å². The standard InChI is InChI=1S/C12H12F3NO4/c1-7-2-3-8(10(17)18)6-9(7)20-5-4-16-11(19)12(13,14)15/h2-3,6H,4-5H2,1H3,(H,16,19)(H,17,18). The number of halogens is 3. The molecule has 0 spiro atoms. The molecule has 0 aromatic heterocycles. The van der Waals surface area contributed by atoms with Gasteiger partial charge in [0.15, 0.2) is 0 Å². The molecule has 0 bridgehead atoms. The zero-order chi connectivity index (χ0) is 15.3. The monoisotopic (exact) mass is 291 g/mol. The molecule has 0 aliphatic carbocycles. The van der Waals surface area contributed by atoms with Gasteiger partial charge in [-0.2, -0.15) is 13.2 Å². The molecule has 20 heavy (non-hydrogen) atoms. The molecule has 1 amide bonds. The number of aromatic carboxylic acids is 1. The first kappa shape index (κ1) is 15.8. The molecule has 5 nitrogen and oxygen atoms in total. The number of nitrogens with one attached hydrogen (secondary N) is 1. The quantitative estimate of drug-likeness (QED) is 0.810. The molecule has 110 valence electrons. The first-order valence-corrected chi connectivity index (χ1v) is 5.53. The van der Waals surface area contributed by atoms with Gasteiger partial charge in [-0.25, -0.2) is 4.79 Å². The predicted octanol–water partition coefficient (Wildman–Crippen LogP) is 1.75. The normalized spacial score (nSPS) is 11.0. The van der Waals surface area contributed by atoms with Crippen LogP contribution in [-0.4, -0.2) is 36.3 Å². The average molecular weight is 291 g/mol. The number of alkyl halides is 3. The number of hydrogen-bond donors (Lipinski definition) is 2. The van der Waals surface area contributed by atoms with Crippen LogP contribution in [0.25, 0.3) is 0 Å². The lowest BCUT2D eigenvalue weighted by atomic mass is 10.1. The Labute approximate surface area is 112 Å². The molecule has 2 N–H and O–H groups in total. The molecule has 0 aliphatic heterocycles. The Balaban J connectivity index is 2.52. The molecule has 0 fully saturated rings. The lowest BCUT2D eigenvalue weighted by Crippen LogP contribution is -2.38. The molecule has 0 saturated carbocycles. The maximum absolute atomic E-state index is 11.9. The first-order chi connectivity index (χ1) is 9.21. The molecule has 0 radical (unpaired) electrons. The van der Waals surface area contributed by atoms with E-state index < -0.39 is 18.1 Å². The SMILES string of the molecule is Cc1ccc(C(=O)O)cc1OCCNC(=O)C(F)(F)F. The van der Waals surface area contributed by atoms with Crippen molar-refractivity contribution in [1.82, 2.24) is 5.32 Å². The number of hydrogen-bond acceptors (Lipinski definition) is 3. The molecule has 0 unspecified atom stereocenters. The number of aryl methyl sites for hydroxylation is 1. The van der Waals surface area contributed by atoms with E-state index in [1.807, 2.05) is 0 Å². The van der Waals surface area contributed by atoms with Crippen LogP contribution in [-0.2, 0) is 4.79 Å². The number of carboxylic acid groups (broad SMARTS) is 1. The highest BCUT2D eigenvalue weighted by atomic mass is 19.4. The molecular weight excluding hydrogens is 279 g/mol. The van der Waals surface area contributed by atoms with Crippen molar-refractivity contribution in [3.8, 4) is 5.75 Å². The van der Waals surface area contributed by atoms with E-state index in [0.717, 1.165) is 0 Å². The van der Waals surface area contributed by atoms with Crippen molar-refractivity contribution in [2.24, 2.45) is 0 Å². The van der Waals surface area contributed by atoms with E-state index in [4.69, 9.17) is 9.84 Å². The van der Waals surface area contributed by atoms with Gasteiger partial charge < -0.3 is 15.2 Å². The Kier molecular flexibility index (Phi) is 4.95. The van der Waals surface area contributed by atoms with Crippen molar-refractivity contribution in [1.29, 1.82) is 0 Å². The Hall–Kier alpha value is -2.25. The average Bonchev–Trinajstić information content (AvgIpc) is 2.34. The van der Waals surface area contributed by atoms with Crippen molar-refractivity contribution in [2.45, 2.75) is 13.1 Å². The zero-order valence-corrected chi connectivity index (χ0v) is 10.5. The predicted molar refractivity (Wildman–Crippen MR) is 62.7 cm³/mol. The van der Waals surface area contributed by atoms with Crippen LogP contribution in [0.1, 0.15) is 15.9 Å². The van der Waals surface area contributed by atoms with Crippen LogP contribution in [0.4, 0.5) is 13.2 Å². The summed E-state index contributed by atoms with van der Waals surface area (Å²) in [7, 11) is 0. The fourth-order valence-corrected chi connectivity index (χ4v) is 1.31. The third-order valence-corrected chi connectivity index (χ3v) is 2.34. The van der Waals surface area contributed by atoms with E-state index in [2.05, 4.69) is 0 Å². The molecular formula is C12H12F3NO4. The lowest BCUT2D eigenvalue weighted by molar-refractivity contribution is -0.173. The van der Waals surface area contributed by atoms with Crippen molar-refractivity contribution in [3.05, 3.63) is 29.3 Å². The summed E-state index contributed by atoms with van der Waals surface area (Å²) >= 11 is 0. The van der Waals surface area contributed by atoms with E-state index in [-0.39, 0.29) is 24.5 Å². The van der Waals surface area contributed by atoms with Gasteiger partial charge in [0.1, 0.15) is 12.4 Å². The third-order valence-electron chi connectivity index (χ3n) is 2.34. The van der Waals surface area contributed by atoms with E-state index in [9.17, 15) is 22.8 Å². The fraction of sp³-hybridized carbons (Fsp3) is 0.333. The molecule has 1 rings (SSSR count). The van der Waals surface area contributed by atoms with E-state index in [1.165, 1.54) is 18.2 Å². The molecule has 0 saturated heterocycles. The van der Waals surface area contributed by atoms with Gasteiger partial charge in [-0.05, 0) is 24.6 Å². The number of carboxylic acids is 1. The van der Waals surface area contributed by atoms with E-state index >= 15 is 0 Å². The van der Waals surface area contributed by atoms with Gasteiger partial charge in [-0.1, -0.05) is 6.07 Å². The maximum atomic E-state index is 11.9. The molecule has 0 heterocycles. The molecule has 1 aromatic rings. The maximum Gasteiger partial charge on any atom is 0.471 e. The number of benzene rings is 1. The highest BCUT2D eigenvalue weighted by Gasteiger charge is 2.38. The van der Waals surface area contributed by atoms with Crippen LogP contribution < -0.4 is 10.1 Å². The first-order valence-electron chi connectivity index (χ1n) is 5.53. The summed E-state index contributed by atoms with van der Waals surface area (Å²) in [5.74, 6) is -2.94. The van der Waals surface area contributed by atoms with Gasteiger partial charge in [0, 0.05) is 0 Å². The zero-order valence-electron chi connectivity index (χ0n) is 10.5. The second-order valence-corrected chi connectivity index (χ2v) is 3.89. The minimum Gasteiger partial charge on any atom is -0.491 e. The number of carbonyl (C=O) groups excluding carboxylic acids is 1. The minimum atomic E-state index is -4.93. The van der Waals surface area contributed by atoms with Gasteiger partial charge in [-0.15, -0.1) is 0 Å². The number of ether oxygens (including phenoxy) is 1. The van der Waals surface area contributed by atoms with Crippen molar-refractivity contribution in [3.63, 3.8) is 0 Å². The van der Waals surface area contributed by atoms with Gasteiger partial charge in [0.25, 0.3) is 0 Å². The summed E-state index contributed by atoms with van der Waals surface area (Å²) in [6.45, 7) is 1.12. The fourth-order valence-electron chi connectivity index (χ4n) is 1.31. The van der Waals surface area contributed by atoms with Crippen LogP contribution in [0.3, 0.4) is 0 Å². The van der Waals surface area contributed by atoms with Crippen molar-refractivity contribution in [2.75, 3.05) is 13.2 Å². The summed E-state index contributed by atoms with van der Waals surface area (Å²) in [6, 6.07) is 4.17. The van der Waals surface area contributed by atoms with Crippen molar-refractivity contribution >= 4 is 11.9 Å². The second-order valence-electron chi connectivity index (χ2n) is 3.89. The van der Waals surface area contributed by atoms with E-state index in [1.54, 1.807) is 12.2 Å². The minimum absolute atomic E-state index is 0.00456. The summed E-state index contributed by atoms with van der Waals surface area (Å²) in [5.41, 5.74) is 0.641. The Bertz CT molecular complexity index is 514. The second kappa shape index (κ2) is 6.27.